The van der Waals surface area contributed by atoms with Crippen molar-refractivity contribution >= 4 is 0 Å². The van der Waals surface area contributed by atoms with E-state index in [0.717, 1.165) is 19.8 Å². The molecule has 0 bridgehead atoms. The molecule has 8 heteroatoms. The maximum Gasteiger partial charge on any atom is 0.133 e. The topological polar surface area (TPSA) is 99.4 Å². The number of hydrogen-bond donors (Lipinski definition) is 1. The molecule has 0 radical (unpaired) electrons. The van der Waals surface area contributed by atoms with Gasteiger partial charge in [0.05, 0.1) is 76.7 Å². The van der Waals surface area contributed by atoms with Gasteiger partial charge in [-0.05, 0) is 55.4 Å². The lowest BCUT2D eigenvalue weighted by molar-refractivity contribution is -0.0817. The van der Waals surface area contributed by atoms with Crippen LogP contribution in [0, 0.1) is 17.2 Å². The molecule has 188 valence electrons. The molecule has 0 aliphatic carbocycles. The zero-order chi connectivity index (χ0) is 24.5. The van der Waals surface area contributed by atoms with Crippen molar-refractivity contribution in [3.63, 3.8) is 0 Å². The van der Waals surface area contributed by atoms with Gasteiger partial charge in [0, 0.05) is 13.0 Å². The lowest BCUT2D eigenvalue weighted by Gasteiger charge is -2.26. The zero-order valence-corrected chi connectivity index (χ0v) is 21.4. The standard InChI is InChI=1S/C7H14O2.C6H14O2.C5H9NO.C5H12O2/c1-6(2)9-5-7-3-8-4-7;1-6(2)8-5-4-7-3;2*1-5(2)7-4-3-6/h6-7H,3-5H2,1-2H3;6H,4-5H2,1-3H3;5H,4H2,1-2H3;5-6H,3-4H2,1-2H3. The fraction of sp³-hybridized carbons (Fsp3) is 0.957. The second kappa shape index (κ2) is 27.2. The molecule has 1 fully saturated rings. The number of hydrogen-bond acceptors (Lipinski definition) is 8. The average molecular weight is 452 g/mol. The highest BCUT2D eigenvalue weighted by Gasteiger charge is 2.18. The second-order valence-electron chi connectivity index (χ2n) is 7.86. The molecular formula is C23H49NO7. The van der Waals surface area contributed by atoms with Gasteiger partial charge in [0.1, 0.15) is 6.61 Å². The van der Waals surface area contributed by atoms with Gasteiger partial charge in [0.15, 0.2) is 0 Å². The summed E-state index contributed by atoms with van der Waals surface area (Å²) in [6.07, 6.45) is 1.11. The summed E-state index contributed by atoms with van der Waals surface area (Å²) in [6.45, 7) is 20.7. The first kappa shape index (κ1) is 34.8. The van der Waals surface area contributed by atoms with E-state index in [2.05, 4.69) is 13.8 Å². The van der Waals surface area contributed by atoms with Crippen LogP contribution in [-0.2, 0) is 28.4 Å². The Morgan fingerprint density at radius 2 is 1.29 bits per heavy atom. The summed E-state index contributed by atoms with van der Waals surface area (Å²) >= 11 is 0. The molecule has 1 saturated heterocycles. The first-order valence-electron chi connectivity index (χ1n) is 11.1. The smallest absolute Gasteiger partial charge is 0.133 e. The minimum atomic E-state index is 0.123. The van der Waals surface area contributed by atoms with Crippen LogP contribution in [0.25, 0.3) is 0 Å². The minimum Gasteiger partial charge on any atom is -0.394 e. The minimum absolute atomic E-state index is 0.123. The van der Waals surface area contributed by atoms with Crippen LogP contribution in [-0.4, -0.2) is 89.5 Å². The molecular weight excluding hydrogens is 402 g/mol. The maximum absolute atomic E-state index is 8.19. The van der Waals surface area contributed by atoms with E-state index in [4.69, 9.17) is 38.8 Å². The van der Waals surface area contributed by atoms with E-state index in [1.54, 1.807) is 7.11 Å². The molecule has 1 aliphatic heterocycles. The largest absolute Gasteiger partial charge is 0.394 e. The molecule has 1 rings (SSSR count). The second-order valence-corrected chi connectivity index (χ2v) is 7.86. The van der Waals surface area contributed by atoms with E-state index < -0.39 is 0 Å². The number of nitriles is 1. The van der Waals surface area contributed by atoms with Crippen molar-refractivity contribution in [1.29, 1.82) is 5.26 Å². The fourth-order valence-electron chi connectivity index (χ4n) is 1.57. The SMILES string of the molecule is CC(C)OCC#N.CC(C)OCC1COC1.CC(C)OCCO.COCCOC(C)C. The Morgan fingerprint density at radius 1 is 0.806 bits per heavy atom. The molecule has 1 heterocycles. The Kier molecular flexibility index (Phi) is 30.6. The summed E-state index contributed by atoms with van der Waals surface area (Å²) in [6, 6.07) is 1.88. The van der Waals surface area contributed by atoms with Gasteiger partial charge in [-0.1, -0.05) is 0 Å². The molecule has 0 unspecified atom stereocenters. The van der Waals surface area contributed by atoms with Crippen LogP contribution >= 0.6 is 0 Å². The number of aliphatic hydroxyl groups excluding tert-OH is 1. The van der Waals surface area contributed by atoms with Crippen LogP contribution in [0.1, 0.15) is 55.4 Å². The fourth-order valence-corrected chi connectivity index (χ4v) is 1.57. The van der Waals surface area contributed by atoms with Gasteiger partial charge >= 0.3 is 0 Å². The Hall–Kier alpha value is -0.790. The molecule has 1 aliphatic rings. The quantitative estimate of drug-likeness (QED) is 0.450. The highest BCUT2D eigenvalue weighted by atomic mass is 16.5. The highest BCUT2D eigenvalue weighted by Crippen LogP contribution is 2.10. The number of ether oxygens (including phenoxy) is 6. The molecule has 0 aromatic heterocycles. The van der Waals surface area contributed by atoms with Crippen molar-refractivity contribution in [3.05, 3.63) is 0 Å². The summed E-state index contributed by atoms with van der Waals surface area (Å²) in [5.74, 6) is 0.674. The highest BCUT2D eigenvalue weighted by molar-refractivity contribution is 4.66. The maximum atomic E-state index is 8.19. The summed E-state index contributed by atoms with van der Waals surface area (Å²) in [7, 11) is 1.67. The number of nitrogens with zero attached hydrogens (tertiary/aromatic N) is 1. The van der Waals surface area contributed by atoms with Crippen molar-refractivity contribution in [1.82, 2.24) is 0 Å². The molecule has 1 N–H and O–H groups in total. The first-order valence-corrected chi connectivity index (χ1v) is 11.1. The number of aliphatic hydroxyl groups is 1. The van der Waals surface area contributed by atoms with Gasteiger partial charge in [0.2, 0.25) is 0 Å². The van der Waals surface area contributed by atoms with Crippen LogP contribution in [0.5, 0.6) is 0 Å². The van der Waals surface area contributed by atoms with Crippen molar-refractivity contribution in [2.45, 2.75) is 79.8 Å². The van der Waals surface area contributed by atoms with Crippen LogP contribution in [0.2, 0.25) is 0 Å². The summed E-state index contributed by atoms with van der Waals surface area (Å²) in [5, 5.41) is 16.1. The van der Waals surface area contributed by atoms with Crippen molar-refractivity contribution < 1.29 is 33.5 Å². The zero-order valence-electron chi connectivity index (χ0n) is 21.4. The molecule has 0 saturated carbocycles. The Balaban J connectivity index is -0.000000340. The normalized spacial score (nSPS) is 12.9. The predicted molar refractivity (Wildman–Crippen MR) is 123 cm³/mol. The molecule has 0 aromatic rings. The average Bonchev–Trinajstić information content (AvgIpc) is 2.64. The Morgan fingerprint density at radius 3 is 1.55 bits per heavy atom. The van der Waals surface area contributed by atoms with Crippen LogP contribution in [0.3, 0.4) is 0 Å². The first-order chi connectivity index (χ1) is 14.6. The number of rotatable bonds is 12. The van der Waals surface area contributed by atoms with Crippen molar-refractivity contribution in [2.24, 2.45) is 5.92 Å². The summed E-state index contributed by atoms with van der Waals surface area (Å²) in [5.41, 5.74) is 0. The molecule has 0 aromatic carbocycles. The third kappa shape index (κ3) is 40.1. The molecule has 0 amide bonds. The van der Waals surface area contributed by atoms with E-state index in [1.807, 2.05) is 47.6 Å². The lowest BCUT2D eigenvalue weighted by Crippen LogP contribution is -2.32. The monoisotopic (exact) mass is 451 g/mol. The van der Waals surface area contributed by atoms with E-state index in [1.165, 1.54) is 0 Å². The Bertz CT molecular complexity index is 367. The van der Waals surface area contributed by atoms with Crippen LogP contribution < -0.4 is 0 Å². The van der Waals surface area contributed by atoms with Crippen molar-refractivity contribution in [2.75, 3.05) is 60.0 Å². The van der Waals surface area contributed by atoms with Crippen molar-refractivity contribution in [3.8, 4) is 6.07 Å². The third-order valence-corrected chi connectivity index (χ3v) is 3.13. The molecule has 0 atom stereocenters. The molecule has 8 nitrogen and oxygen atoms in total. The molecule has 0 spiro atoms. The van der Waals surface area contributed by atoms with Crippen LogP contribution in [0.4, 0.5) is 0 Å². The number of methoxy groups -OCH3 is 1. The van der Waals surface area contributed by atoms with E-state index in [-0.39, 0.29) is 25.4 Å². The Labute approximate surface area is 191 Å². The van der Waals surface area contributed by atoms with Crippen LogP contribution in [0.15, 0.2) is 0 Å². The van der Waals surface area contributed by atoms with Gasteiger partial charge in [-0.25, -0.2) is 0 Å². The summed E-state index contributed by atoms with van der Waals surface area (Å²) < 4.78 is 30.0. The van der Waals surface area contributed by atoms with Gasteiger partial charge in [-0.2, -0.15) is 5.26 Å². The van der Waals surface area contributed by atoms with E-state index in [0.29, 0.717) is 37.9 Å². The van der Waals surface area contributed by atoms with Gasteiger partial charge < -0.3 is 33.5 Å². The van der Waals surface area contributed by atoms with Gasteiger partial charge in [-0.15, -0.1) is 0 Å². The van der Waals surface area contributed by atoms with Gasteiger partial charge in [-0.3, -0.25) is 0 Å². The third-order valence-electron chi connectivity index (χ3n) is 3.13. The molecule has 31 heavy (non-hydrogen) atoms. The van der Waals surface area contributed by atoms with E-state index in [9.17, 15) is 0 Å². The van der Waals surface area contributed by atoms with Gasteiger partial charge in [0.25, 0.3) is 0 Å². The lowest BCUT2D eigenvalue weighted by atomic mass is 10.1. The predicted octanol–water partition coefficient (Wildman–Crippen LogP) is 3.45. The summed E-state index contributed by atoms with van der Waals surface area (Å²) in [4.78, 5) is 0. The van der Waals surface area contributed by atoms with E-state index >= 15 is 0 Å².